The van der Waals surface area contributed by atoms with Crippen molar-refractivity contribution in [3.63, 3.8) is 0 Å². The van der Waals surface area contributed by atoms with Gasteiger partial charge in [-0.25, -0.2) is 8.42 Å². The van der Waals surface area contributed by atoms with Crippen molar-refractivity contribution >= 4 is 16.0 Å². The largest absolute Gasteiger partial charge is 0.373 e. The third-order valence-corrected chi connectivity index (χ3v) is 6.41. The molecule has 0 aliphatic carbocycles. The summed E-state index contributed by atoms with van der Waals surface area (Å²) >= 11 is 0. The van der Waals surface area contributed by atoms with E-state index in [2.05, 4.69) is 22.5 Å². The molecule has 2 aliphatic heterocycles. The Labute approximate surface area is 148 Å². The van der Waals surface area contributed by atoms with Crippen LogP contribution in [0.4, 0.5) is 8.78 Å². The zero-order valence-electron chi connectivity index (χ0n) is 14.8. The highest BCUT2D eigenvalue weighted by Gasteiger charge is 2.35. The molecule has 2 rings (SSSR count). The van der Waals surface area contributed by atoms with E-state index in [1.165, 1.54) is 0 Å². The number of piperidine rings is 1. The third-order valence-electron chi connectivity index (χ3n) is 4.87. The number of alkyl halides is 2. The van der Waals surface area contributed by atoms with E-state index in [-0.39, 0.29) is 24.6 Å². The van der Waals surface area contributed by atoms with E-state index in [0.717, 1.165) is 23.8 Å². The Bertz CT molecular complexity index is 557. The molecular formula is C15H28F2N4O3S. The predicted octanol–water partition coefficient (Wildman–Crippen LogP) is 0.985. The summed E-state index contributed by atoms with van der Waals surface area (Å²) in [7, 11) is -2.77. The van der Waals surface area contributed by atoms with Gasteiger partial charge in [-0.15, -0.1) is 0 Å². The normalized spacial score (nSPS) is 27.0. The van der Waals surface area contributed by atoms with Gasteiger partial charge in [0, 0.05) is 39.8 Å². The lowest BCUT2D eigenvalue weighted by atomic mass is 9.98. The maximum absolute atomic E-state index is 12.6. The van der Waals surface area contributed by atoms with Crippen molar-refractivity contribution in [1.29, 1.82) is 0 Å². The first-order valence-corrected chi connectivity index (χ1v) is 10.1. The Morgan fingerprint density at radius 1 is 1.36 bits per heavy atom. The standard InChI is InChI=1S/C15H28F2N4O3S/c1-15(6-3-9-24-15)11-20-14(18-2)19-10-12-4-7-21(8-5-12)25(22,23)13(16)17/h12-13H,3-11H2,1-2H3,(H2,18,19,20). The molecule has 0 aromatic rings. The van der Waals surface area contributed by atoms with Gasteiger partial charge in [0.15, 0.2) is 5.96 Å². The quantitative estimate of drug-likeness (QED) is 0.529. The van der Waals surface area contributed by atoms with E-state index in [4.69, 9.17) is 4.74 Å². The molecule has 0 aromatic heterocycles. The molecule has 0 amide bonds. The van der Waals surface area contributed by atoms with Gasteiger partial charge in [0.1, 0.15) is 0 Å². The van der Waals surface area contributed by atoms with Gasteiger partial charge in [-0.2, -0.15) is 13.1 Å². The Morgan fingerprint density at radius 3 is 2.56 bits per heavy atom. The second-order valence-corrected chi connectivity index (χ2v) is 8.76. The average molecular weight is 382 g/mol. The molecule has 25 heavy (non-hydrogen) atoms. The van der Waals surface area contributed by atoms with Gasteiger partial charge in [0.2, 0.25) is 0 Å². The lowest BCUT2D eigenvalue weighted by Crippen LogP contribution is -2.48. The minimum atomic E-state index is -4.45. The molecule has 0 radical (unpaired) electrons. The predicted molar refractivity (Wildman–Crippen MR) is 92.2 cm³/mol. The van der Waals surface area contributed by atoms with Gasteiger partial charge < -0.3 is 15.4 Å². The van der Waals surface area contributed by atoms with Crippen molar-refractivity contribution in [1.82, 2.24) is 14.9 Å². The fraction of sp³-hybridized carbons (Fsp3) is 0.933. The van der Waals surface area contributed by atoms with Gasteiger partial charge in [-0.3, -0.25) is 4.99 Å². The molecule has 1 atom stereocenters. The smallest absolute Gasteiger partial charge is 0.350 e. The molecule has 7 nitrogen and oxygen atoms in total. The SMILES string of the molecule is CN=C(NCC1CCN(S(=O)(=O)C(F)F)CC1)NCC1(C)CCCO1. The van der Waals surface area contributed by atoms with Gasteiger partial charge in [0.05, 0.1) is 5.60 Å². The van der Waals surface area contributed by atoms with Crippen molar-refractivity contribution in [2.45, 2.75) is 44.0 Å². The Kier molecular flexibility index (Phi) is 6.98. The summed E-state index contributed by atoms with van der Waals surface area (Å²) in [6.07, 6.45) is 3.17. The first-order valence-electron chi connectivity index (χ1n) is 8.62. The number of aliphatic imine (C=N–C) groups is 1. The number of hydrogen-bond acceptors (Lipinski definition) is 4. The molecule has 2 heterocycles. The first-order chi connectivity index (χ1) is 11.8. The number of nitrogens with one attached hydrogen (secondary N) is 2. The van der Waals surface area contributed by atoms with Crippen LogP contribution in [-0.4, -0.2) is 69.9 Å². The minimum Gasteiger partial charge on any atom is -0.373 e. The molecular weight excluding hydrogens is 354 g/mol. The number of rotatable bonds is 6. The van der Waals surface area contributed by atoms with E-state index in [9.17, 15) is 17.2 Å². The highest BCUT2D eigenvalue weighted by molar-refractivity contribution is 7.89. The maximum atomic E-state index is 12.6. The second kappa shape index (κ2) is 8.59. The fourth-order valence-corrected chi connectivity index (χ4v) is 4.13. The minimum absolute atomic E-state index is 0.136. The van der Waals surface area contributed by atoms with Gasteiger partial charge in [-0.1, -0.05) is 0 Å². The molecule has 2 N–H and O–H groups in total. The molecule has 10 heteroatoms. The zero-order valence-corrected chi connectivity index (χ0v) is 15.6. The van der Waals surface area contributed by atoms with E-state index in [1.807, 2.05) is 0 Å². The average Bonchev–Trinajstić information content (AvgIpc) is 3.02. The second-order valence-electron chi connectivity index (χ2n) is 6.86. The van der Waals surface area contributed by atoms with Crippen molar-refractivity contribution in [3.8, 4) is 0 Å². The number of sulfonamides is 1. The van der Waals surface area contributed by atoms with Crippen LogP contribution in [0.25, 0.3) is 0 Å². The number of guanidine groups is 1. The molecule has 146 valence electrons. The topological polar surface area (TPSA) is 83.0 Å². The highest BCUT2D eigenvalue weighted by atomic mass is 32.2. The number of hydrogen-bond donors (Lipinski definition) is 2. The van der Waals surface area contributed by atoms with Crippen LogP contribution in [0.1, 0.15) is 32.6 Å². The molecule has 1 unspecified atom stereocenters. The number of halogens is 2. The lowest BCUT2D eigenvalue weighted by Gasteiger charge is -2.31. The molecule has 0 bridgehead atoms. The van der Waals surface area contributed by atoms with Gasteiger partial charge >= 0.3 is 5.76 Å². The van der Waals surface area contributed by atoms with Crippen LogP contribution in [0.3, 0.4) is 0 Å². The molecule has 2 saturated heterocycles. The Morgan fingerprint density at radius 2 is 2.04 bits per heavy atom. The van der Waals surface area contributed by atoms with E-state index in [0.29, 0.717) is 31.9 Å². The lowest BCUT2D eigenvalue weighted by molar-refractivity contribution is 0.0242. The van der Waals surface area contributed by atoms with Crippen molar-refractivity contribution in [3.05, 3.63) is 0 Å². The molecule has 0 spiro atoms. The number of ether oxygens (including phenoxy) is 1. The number of nitrogens with zero attached hydrogens (tertiary/aromatic N) is 2. The third kappa shape index (κ3) is 5.49. The molecule has 0 saturated carbocycles. The summed E-state index contributed by atoms with van der Waals surface area (Å²) in [6, 6.07) is 0. The van der Waals surface area contributed by atoms with Crippen molar-refractivity contribution < 1.29 is 21.9 Å². The van der Waals surface area contributed by atoms with Crippen LogP contribution < -0.4 is 10.6 Å². The summed E-state index contributed by atoms with van der Waals surface area (Å²) in [5.74, 6) is -2.45. The summed E-state index contributed by atoms with van der Waals surface area (Å²) in [5, 5.41) is 6.47. The van der Waals surface area contributed by atoms with Crippen LogP contribution in [0, 0.1) is 5.92 Å². The summed E-state index contributed by atoms with van der Waals surface area (Å²) in [5.41, 5.74) is -0.174. The van der Waals surface area contributed by atoms with E-state index in [1.54, 1.807) is 7.05 Å². The summed E-state index contributed by atoms with van der Waals surface area (Å²) in [6.45, 7) is 4.41. The maximum Gasteiger partial charge on any atom is 0.350 e. The van der Waals surface area contributed by atoms with Crippen LogP contribution in [0.15, 0.2) is 4.99 Å². The van der Waals surface area contributed by atoms with Gasteiger partial charge in [-0.05, 0) is 38.5 Å². The van der Waals surface area contributed by atoms with E-state index < -0.39 is 15.8 Å². The van der Waals surface area contributed by atoms with Gasteiger partial charge in [0.25, 0.3) is 10.0 Å². The van der Waals surface area contributed by atoms with Crippen molar-refractivity contribution in [2.75, 3.05) is 39.8 Å². The van der Waals surface area contributed by atoms with Crippen LogP contribution in [-0.2, 0) is 14.8 Å². The summed E-state index contributed by atoms with van der Waals surface area (Å²) < 4.78 is 54.7. The first kappa shape index (κ1) is 20.3. The van der Waals surface area contributed by atoms with Crippen LogP contribution in [0.5, 0.6) is 0 Å². The van der Waals surface area contributed by atoms with E-state index >= 15 is 0 Å². The monoisotopic (exact) mass is 382 g/mol. The molecule has 0 aromatic carbocycles. The highest BCUT2D eigenvalue weighted by Crippen LogP contribution is 2.24. The Balaban J connectivity index is 1.72. The summed E-state index contributed by atoms with van der Waals surface area (Å²) in [4.78, 5) is 4.18. The van der Waals surface area contributed by atoms with Crippen LogP contribution >= 0.6 is 0 Å². The fourth-order valence-electron chi connectivity index (χ4n) is 3.19. The van der Waals surface area contributed by atoms with Crippen LogP contribution in [0.2, 0.25) is 0 Å². The van der Waals surface area contributed by atoms with Crippen molar-refractivity contribution in [2.24, 2.45) is 10.9 Å². The molecule has 2 aliphatic rings. The zero-order chi connectivity index (χ0) is 18.5. The Hall–Kier alpha value is -1.00. The molecule has 2 fully saturated rings.